The van der Waals surface area contributed by atoms with Crippen molar-refractivity contribution in [2.45, 2.75) is 87.4 Å². The lowest BCUT2D eigenvalue weighted by Crippen LogP contribution is -2.62. The molecule has 21 heteroatoms. The molecule has 3 aromatic rings. The number of carbonyl (C=O) groups excluding carboxylic acids is 3. The number of amides is 1. The van der Waals surface area contributed by atoms with Gasteiger partial charge in [0.15, 0.2) is 30.2 Å². The predicted octanol–water partition coefficient (Wildman–Crippen LogP) is -1.87. The number of aliphatic hydroxyl groups excluding tert-OH is 7. The summed E-state index contributed by atoms with van der Waals surface area (Å²) in [5, 5.41) is 121. The van der Waals surface area contributed by atoms with E-state index in [1.54, 1.807) is 0 Å². The summed E-state index contributed by atoms with van der Waals surface area (Å²) in [5.74, 6) is -7.35. The van der Waals surface area contributed by atoms with Crippen LogP contribution in [0.1, 0.15) is 78.0 Å². The van der Waals surface area contributed by atoms with Gasteiger partial charge in [0.2, 0.25) is 0 Å². The highest BCUT2D eigenvalue weighted by molar-refractivity contribution is 6.31. The van der Waals surface area contributed by atoms with Crippen molar-refractivity contribution < 1.29 is 99.0 Å². The van der Waals surface area contributed by atoms with Gasteiger partial charge >= 0.3 is 5.97 Å². The number of carboxylic acid groups (broad SMARTS) is 1. The zero-order chi connectivity index (χ0) is 43.8. The number of methoxy groups -OCH3 is 1. The number of hydrogen-bond acceptors (Lipinski definition) is 19. The Labute approximate surface area is 338 Å². The van der Waals surface area contributed by atoms with Gasteiger partial charge in [-0.3, -0.25) is 14.4 Å². The van der Waals surface area contributed by atoms with E-state index in [1.807, 2.05) is 0 Å². The van der Waals surface area contributed by atoms with Gasteiger partial charge in [-0.05, 0) is 42.7 Å². The number of hydrogen-bond donors (Lipinski definition) is 12. The second-order valence-electron chi connectivity index (χ2n) is 14.8. The first kappa shape index (κ1) is 42.8. The smallest absolute Gasteiger partial charge is 0.328 e. The fourth-order valence-electron chi connectivity index (χ4n) is 7.97. The molecule has 0 aromatic heterocycles. The third-order valence-corrected chi connectivity index (χ3v) is 11.1. The Morgan fingerprint density at radius 3 is 2.12 bits per heavy atom. The minimum atomic E-state index is -1.98. The Kier molecular flexibility index (Phi) is 11.4. The number of carboxylic acids is 1. The van der Waals surface area contributed by atoms with Crippen LogP contribution in [0.5, 0.6) is 23.0 Å². The molecule has 0 radical (unpaired) electrons. The van der Waals surface area contributed by atoms with Crippen LogP contribution >= 0.6 is 0 Å². The molecule has 60 heavy (non-hydrogen) atoms. The number of aromatic hydroxyl groups is 3. The molecular formula is C39H41NO20. The lowest BCUT2D eigenvalue weighted by atomic mass is 9.74. The van der Waals surface area contributed by atoms with E-state index in [2.05, 4.69) is 5.32 Å². The van der Waals surface area contributed by atoms with E-state index in [0.717, 1.165) is 18.2 Å². The first-order valence-electron chi connectivity index (χ1n) is 18.4. The normalized spacial score (nSPS) is 30.1. The molecule has 12 N–H and O–H groups in total. The molecule has 12 atom stereocenters. The lowest BCUT2D eigenvalue weighted by Gasteiger charge is -2.45. The number of phenolic OH excluding ortho intramolecular Hbond substituents is 3. The first-order chi connectivity index (χ1) is 28.3. The number of benzene rings is 3. The zero-order valence-electron chi connectivity index (χ0n) is 31.7. The van der Waals surface area contributed by atoms with E-state index in [9.17, 15) is 75.3 Å². The SMILES string of the molecule is COc1cc(O)c2c(c1)C(=O)c1c(cc3c(c1O)-c1c(cc(C)c(C(=O)NC(CO)C(=O)O)c1O)[C@H](OC1OC(C)C(O)C(OC4OCC(O)C(O)C4O)C1O)[C@H]3O)C2=O. The summed E-state index contributed by atoms with van der Waals surface area (Å²) in [4.78, 5) is 53.3. The fraction of sp³-hybridized carbons (Fsp3) is 0.436. The lowest BCUT2D eigenvalue weighted by molar-refractivity contribution is -0.353. The molecule has 1 amide bonds. The summed E-state index contributed by atoms with van der Waals surface area (Å²) in [7, 11) is 1.24. The van der Waals surface area contributed by atoms with Crippen LogP contribution in [0.4, 0.5) is 0 Å². The average Bonchev–Trinajstić information content (AvgIpc) is 3.20. The third kappa shape index (κ3) is 6.82. The molecule has 2 aliphatic carbocycles. The van der Waals surface area contributed by atoms with Crippen LogP contribution in [0.3, 0.4) is 0 Å². The van der Waals surface area contributed by atoms with Gasteiger partial charge in [-0.15, -0.1) is 0 Å². The summed E-state index contributed by atoms with van der Waals surface area (Å²) in [6, 6.07) is 2.62. The quantitative estimate of drug-likeness (QED) is 0.0878. The van der Waals surface area contributed by atoms with E-state index in [0.29, 0.717) is 0 Å². The number of phenols is 3. The van der Waals surface area contributed by atoms with Crippen molar-refractivity contribution in [3.05, 3.63) is 68.8 Å². The molecule has 10 unspecified atom stereocenters. The highest BCUT2D eigenvalue weighted by Crippen LogP contribution is 2.57. The van der Waals surface area contributed by atoms with Crippen LogP contribution < -0.4 is 10.1 Å². The minimum Gasteiger partial charge on any atom is -0.507 e. The highest BCUT2D eigenvalue weighted by Gasteiger charge is 2.51. The van der Waals surface area contributed by atoms with Crippen molar-refractivity contribution in [2.75, 3.05) is 20.3 Å². The van der Waals surface area contributed by atoms with Gasteiger partial charge in [0.1, 0.15) is 71.8 Å². The molecule has 0 saturated carbocycles. The monoisotopic (exact) mass is 843 g/mol. The van der Waals surface area contributed by atoms with Gasteiger partial charge in [0.05, 0.1) is 43.1 Å². The molecule has 2 fully saturated rings. The number of fused-ring (bicyclic) bond motifs is 5. The van der Waals surface area contributed by atoms with Crippen LogP contribution in [-0.4, -0.2) is 161 Å². The number of nitrogens with one attached hydrogen (secondary N) is 1. The number of ketones is 2. The van der Waals surface area contributed by atoms with Crippen molar-refractivity contribution in [3.63, 3.8) is 0 Å². The Balaban J connectivity index is 1.37. The molecule has 2 saturated heterocycles. The molecule has 21 nitrogen and oxygen atoms in total. The summed E-state index contributed by atoms with van der Waals surface area (Å²) in [6.07, 6.45) is -18.8. The van der Waals surface area contributed by atoms with Crippen LogP contribution in [0.25, 0.3) is 11.1 Å². The van der Waals surface area contributed by atoms with Gasteiger partial charge in [0, 0.05) is 28.3 Å². The molecule has 0 bridgehead atoms. The number of aryl methyl sites for hydroxylation is 1. The van der Waals surface area contributed by atoms with Gasteiger partial charge in [-0.1, -0.05) is 6.07 Å². The van der Waals surface area contributed by atoms with Crippen molar-refractivity contribution in [2.24, 2.45) is 0 Å². The Bertz CT molecular complexity index is 2280. The molecule has 322 valence electrons. The topological polar surface area (TPSA) is 349 Å². The van der Waals surface area contributed by atoms with Gasteiger partial charge in [-0.25, -0.2) is 4.79 Å². The Hall–Kier alpha value is -5.30. The summed E-state index contributed by atoms with van der Waals surface area (Å²) in [5.41, 5.74) is -4.12. The molecule has 4 aliphatic rings. The van der Waals surface area contributed by atoms with E-state index in [4.69, 9.17) is 23.7 Å². The maximum atomic E-state index is 14.1. The van der Waals surface area contributed by atoms with E-state index < -0.39 is 161 Å². The Morgan fingerprint density at radius 2 is 1.47 bits per heavy atom. The zero-order valence-corrected chi connectivity index (χ0v) is 31.7. The maximum absolute atomic E-state index is 14.1. The van der Waals surface area contributed by atoms with Crippen molar-refractivity contribution in [3.8, 4) is 34.1 Å². The summed E-state index contributed by atoms with van der Waals surface area (Å²) >= 11 is 0. The maximum Gasteiger partial charge on any atom is 0.328 e. The number of aliphatic hydroxyl groups is 7. The standard InChI is InChI=1S/C39H41NO20/c1-10-4-16-23(30(49)20(10)36(53)40-17(8-41)37(54)55)22-14(7-15-24(31(22)50)27(46)13-5-12(56-3)6-18(42)21(13)26(15)45)28(47)34(16)59-39-33(52)35(25(44)11(2)58-39)60-38-32(51)29(48)19(43)9-57-38/h4-7,11,17,19,25,28-29,32-35,38-39,41-44,47-52H,8-9H2,1-3H3,(H,40,53)(H,54,55)/t11?,17?,19?,25?,28-,29?,32?,33?,34-,35?,38?,39?/m0/s1. The molecule has 0 spiro atoms. The van der Waals surface area contributed by atoms with Crippen LogP contribution in [0.15, 0.2) is 24.3 Å². The molecule has 3 aromatic carbocycles. The van der Waals surface area contributed by atoms with Gasteiger partial charge in [-0.2, -0.15) is 0 Å². The molecular weight excluding hydrogens is 802 g/mol. The number of ether oxygens (including phenoxy) is 5. The van der Waals surface area contributed by atoms with E-state index >= 15 is 0 Å². The largest absolute Gasteiger partial charge is 0.507 e. The molecule has 2 aliphatic heterocycles. The van der Waals surface area contributed by atoms with E-state index in [1.165, 1.54) is 27.0 Å². The van der Waals surface area contributed by atoms with Crippen molar-refractivity contribution in [1.29, 1.82) is 0 Å². The minimum absolute atomic E-state index is 0.0131. The fourth-order valence-corrected chi connectivity index (χ4v) is 7.97. The van der Waals surface area contributed by atoms with Gasteiger partial charge in [0.25, 0.3) is 5.91 Å². The Morgan fingerprint density at radius 1 is 0.817 bits per heavy atom. The number of rotatable bonds is 9. The van der Waals surface area contributed by atoms with Crippen LogP contribution in [0.2, 0.25) is 0 Å². The van der Waals surface area contributed by atoms with Crippen LogP contribution in [0, 0.1) is 6.92 Å². The average molecular weight is 844 g/mol. The van der Waals surface area contributed by atoms with Crippen LogP contribution in [-0.2, 0) is 23.7 Å². The number of aliphatic carboxylic acids is 1. The summed E-state index contributed by atoms with van der Waals surface area (Å²) < 4.78 is 28.0. The second-order valence-corrected chi connectivity index (χ2v) is 14.8. The van der Waals surface area contributed by atoms with E-state index in [-0.39, 0.29) is 28.0 Å². The van der Waals surface area contributed by atoms with Crippen molar-refractivity contribution >= 4 is 23.4 Å². The third-order valence-electron chi connectivity index (χ3n) is 11.1. The molecule has 7 rings (SSSR count). The first-order valence-corrected chi connectivity index (χ1v) is 18.4. The second kappa shape index (κ2) is 15.9. The number of carbonyl (C=O) groups is 4. The van der Waals surface area contributed by atoms with Gasteiger partial charge < -0.3 is 85.2 Å². The summed E-state index contributed by atoms with van der Waals surface area (Å²) in [6.45, 7) is 1.14. The predicted molar refractivity (Wildman–Crippen MR) is 195 cm³/mol. The molecule has 2 heterocycles. The van der Waals surface area contributed by atoms with Crippen molar-refractivity contribution in [1.82, 2.24) is 5.32 Å². The highest BCUT2D eigenvalue weighted by atomic mass is 16.7.